The molecule has 1 N–H and O–H groups in total. The van der Waals surface area contributed by atoms with Crippen LogP contribution in [-0.4, -0.2) is 31.1 Å². The number of nitrogens with one attached hydrogen (secondary N) is 1. The zero-order valence-corrected chi connectivity index (χ0v) is 13.7. The summed E-state index contributed by atoms with van der Waals surface area (Å²) in [6.45, 7) is 3.08. The first-order chi connectivity index (χ1) is 10.1. The predicted octanol–water partition coefficient (Wildman–Crippen LogP) is 4.13. The topological polar surface area (TPSA) is 15.3 Å². The van der Waals surface area contributed by atoms with Crippen molar-refractivity contribution >= 4 is 0 Å². The van der Waals surface area contributed by atoms with Crippen LogP contribution in [0, 0.1) is 5.82 Å². The van der Waals surface area contributed by atoms with Gasteiger partial charge < -0.3 is 5.32 Å². The molecule has 2 rings (SSSR count). The molecule has 3 heteroatoms. The average Bonchev–Trinajstić information content (AvgIpc) is 2.53. The maximum absolute atomic E-state index is 13.9. The van der Waals surface area contributed by atoms with Crippen LogP contribution in [0.15, 0.2) is 24.3 Å². The molecular formula is C18H29FN2. The summed E-state index contributed by atoms with van der Waals surface area (Å²) in [5.74, 6) is -0.0992. The summed E-state index contributed by atoms with van der Waals surface area (Å²) >= 11 is 0. The summed E-state index contributed by atoms with van der Waals surface area (Å²) < 4.78 is 13.9. The van der Waals surface area contributed by atoms with E-state index in [4.69, 9.17) is 0 Å². The molecule has 1 aliphatic rings. The third-order valence-electron chi connectivity index (χ3n) is 5.30. The summed E-state index contributed by atoms with van der Waals surface area (Å²) in [5.41, 5.74) is 1.09. The van der Waals surface area contributed by atoms with Crippen LogP contribution in [0.5, 0.6) is 0 Å². The maximum Gasteiger partial charge on any atom is 0.127 e. The first-order valence-corrected chi connectivity index (χ1v) is 8.21. The van der Waals surface area contributed by atoms with Gasteiger partial charge in [-0.05, 0) is 46.3 Å². The highest BCUT2D eigenvalue weighted by molar-refractivity contribution is 5.20. The molecule has 1 unspecified atom stereocenters. The Morgan fingerprint density at radius 3 is 2.52 bits per heavy atom. The SMILES string of the molecule is CNC1(CCN(C)C(C)c2ccccc2F)CCCCC1. The van der Waals surface area contributed by atoms with Crippen molar-refractivity contribution in [3.05, 3.63) is 35.6 Å². The highest BCUT2D eigenvalue weighted by Gasteiger charge is 2.30. The van der Waals surface area contributed by atoms with E-state index in [1.165, 1.54) is 32.1 Å². The molecule has 1 saturated carbocycles. The minimum Gasteiger partial charge on any atom is -0.314 e. The summed E-state index contributed by atoms with van der Waals surface area (Å²) in [5, 5.41) is 3.56. The van der Waals surface area contributed by atoms with Gasteiger partial charge in [-0.25, -0.2) is 4.39 Å². The van der Waals surface area contributed by atoms with E-state index in [0.29, 0.717) is 5.54 Å². The summed E-state index contributed by atoms with van der Waals surface area (Å²) in [7, 11) is 4.19. The lowest BCUT2D eigenvalue weighted by Crippen LogP contribution is -2.46. The molecule has 0 saturated heterocycles. The van der Waals surface area contributed by atoms with E-state index in [1.54, 1.807) is 12.1 Å². The zero-order valence-electron chi connectivity index (χ0n) is 13.7. The summed E-state index contributed by atoms with van der Waals surface area (Å²) in [4.78, 5) is 2.27. The van der Waals surface area contributed by atoms with Crippen molar-refractivity contribution in [3.8, 4) is 0 Å². The van der Waals surface area contributed by atoms with Gasteiger partial charge in [0.05, 0.1) is 0 Å². The molecule has 118 valence electrons. The van der Waals surface area contributed by atoms with Gasteiger partial charge in [-0.1, -0.05) is 37.5 Å². The molecule has 0 spiro atoms. The lowest BCUT2D eigenvalue weighted by Gasteiger charge is -2.39. The van der Waals surface area contributed by atoms with Gasteiger partial charge in [-0.15, -0.1) is 0 Å². The van der Waals surface area contributed by atoms with Gasteiger partial charge in [0.1, 0.15) is 5.82 Å². The molecule has 0 radical (unpaired) electrons. The number of rotatable bonds is 6. The largest absolute Gasteiger partial charge is 0.314 e. The van der Waals surface area contributed by atoms with Gasteiger partial charge in [-0.3, -0.25) is 4.90 Å². The van der Waals surface area contributed by atoms with Crippen LogP contribution in [-0.2, 0) is 0 Å². The van der Waals surface area contributed by atoms with Crippen LogP contribution < -0.4 is 5.32 Å². The van der Waals surface area contributed by atoms with E-state index in [-0.39, 0.29) is 11.9 Å². The first kappa shape index (κ1) is 16.4. The van der Waals surface area contributed by atoms with E-state index >= 15 is 0 Å². The average molecular weight is 292 g/mol. The maximum atomic E-state index is 13.9. The molecule has 0 amide bonds. The van der Waals surface area contributed by atoms with Crippen LogP contribution in [0.3, 0.4) is 0 Å². The normalized spacial score (nSPS) is 19.7. The third-order valence-corrected chi connectivity index (χ3v) is 5.30. The Morgan fingerprint density at radius 2 is 1.90 bits per heavy atom. The van der Waals surface area contributed by atoms with Crippen molar-refractivity contribution in [2.24, 2.45) is 0 Å². The van der Waals surface area contributed by atoms with Gasteiger partial charge >= 0.3 is 0 Å². The summed E-state index contributed by atoms with van der Waals surface area (Å²) in [6, 6.07) is 7.23. The highest BCUT2D eigenvalue weighted by Crippen LogP contribution is 2.31. The molecule has 1 fully saturated rings. The molecule has 21 heavy (non-hydrogen) atoms. The van der Waals surface area contributed by atoms with Gasteiger partial charge in [-0.2, -0.15) is 0 Å². The van der Waals surface area contributed by atoms with Gasteiger partial charge in [0.2, 0.25) is 0 Å². The molecular weight excluding hydrogens is 263 g/mol. The standard InChI is InChI=1S/C18H29FN2/c1-15(16-9-5-6-10-17(16)19)21(3)14-13-18(20-2)11-7-4-8-12-18/h5-6,9-10,15,20H,4,7-8,11-14H2,1-3H3. The first-order valence-electron chi connectivity index (χ1n) is 8.21. The quantitative estimate of drug-likeness (QED) is 0.848. The van der Waals surface area contributed by atoms with Crippen molar-refractivity contribution in [1.29, 1.82) is 0 Å². The second kappa shape index (κ2) is 7.37. The molecule has 0 heterocycles. The van der Waals surface area contributed by atoms with Crippen molar-refractivity contribution in [2.45, 2.75) is 57.0 Å². The van der Waals surface area contributed by atoms with Crippen molar-refractivity contribution in [2.75, 3.05) is 20.6 Å². The predicted molar refractivity (Wildman–Crippen MR) is 86.9 cm³/mol. The third kappa shape index (κ3) is 4.04. The minimum atomic E-state index is -0.0992. The summed E-state index contributed by atoms with van der Waals surface area (Å²) in [6.07, 6.45) is 7.70. The van der Waals surface area contributed by atoms with Crippen LogP contribution in [0.4, 0.5) is 4.39 Å². The highest BCUT2D eigenvalue weighted by atomic mass is 19.1. The van der Waals surface area contributed by atoms with Crippen molar-refractivity contribution < 1.29 is 4.39 Å². The Labute approximate surface area is 128 Å². The fraction of sp³-hybridized carbons (Fsp3) is 0.667. The van der Waals surface area contributed by atoms with E-state index in [9.17, 15) is 4.39 Å². The van der Waals surface area contributed by atoms with E-state index in [1.807, 2.05) is 12.1 Å². The monoisotopic (exact) mass is 292 g/mol. The Kier molecular flexibility index (Phi) is 5.77. The smallest absolute Gasteiger partial charge is 0.127 e. The Balaban J connectivity index is 1.94. The second-order valence-electron chi connectivity index (χ2n) is 6.52. The fourth-order valence-electron chi connectivity index (χ4n) is 3.49. The van der Waals surface area contributed by atoms with Gasteiger partial charge in [0, 0.05) is 23.7 Å². The zero-order chi connectivity index (χ0) is 15.3. The van der Waals surface area contributed by atoms with Crippen LogP contribution in [0.25, 0.3) is 0 Å². The number of benzene rings is 1. The van der Waals surface area contributed by atoms with Gasteiger partial charge in [0.15, 0.2) is 0 Å². The van der Waals surface area contributed by atoms with Crippen LogP contribution in [0.2, 0.25) is 0 Å². The molecule has 1 aromatic rings. The second-order valence-corrected chi connectivity index (χ2v) is 6.52. The minimum absolute atomic E-state index is 0.0992. The van der Waals surface area contributed by atoms with Crippen LogP contribution >= 0.6 is 0 Å². The Bertz CT molecular complexity index is 441. The molecule has 0 aromatic heterocycles. The number of nitrogens with zero attached hydrogens (tertiary/aromatic N) is 1. The molecule has 1 aliphatic carbocycles. The van der Waals surface area contributed by atoms with Crippen LogP contribution in [0.1, 0.15) is 57.1 Å². The van der Waals surface area contributed by atoms with Crippen molar-refractivity contribution in [3.63, 3.8) is 0 Å². The van der Waals surface area contributed by atoms with E-state index < -0.39 is 0 Å². The number of hydrogen-bond donors (Lipinski definition) is 1. The Hall–Kier alpha value is -0.930. The Morgan fingerprint density at radius 1 is 1.24 bits per heavy atom. The molecule has 0 bridgehead atoms. The van der Waals surface area contributed by atoms with E-state index in [0.717, 1.165) is 18.5 Å². The molecule has 0 aliphatic heterocycles. The molecule has 1 aromatic carbocycles. The number of halogens is 1. The fourth-order valence-corrected chi connectivity index (χ4v) is 3.49. The van der Waals surface area contributed by atoms with E-state index in [2.05, 4.69) is 31.2 Å². The lowest BCUT2D eigenvalue weighted by atomic mass is 9.79. The lowest BCUT2D eigenvalue weighted by molar-refractivity contribution is 0.175. The number of hydrogen-bond acceptors (Lipinski definition) is 2. The van der Waals surface area contributed by atoms with Gasteiger partial charge in [0.25, 0.3) is 0 Å². The van der Waals surface area contributed by atoms with Crippen molar-refractivity contribution in [1.82, 2.24) is 10.2 Å². The molecule has 2 nitrogen and oxygen atoms in total. The molecule has 1 atom stereocenters.